The van der Waals surface area contributed by atoms with Crippen LogP contribution >= 0.6 is 39.1 Å². The van der Waals surface area contributed by atoms with Crippen molar-refractivity contribution in [3.05, 3.63) is 28.2 Å². The number of ketones is 1. The molecule has 8 heteroatoms. The molecular formula is C14H16BrCl2NO4. The maximum absolute atomic E-state index is 12.4. The Bertz CT molecular complexity index is 566. The van der Waals surface area contributed by atoms with Crippen LogP contribution < -0.4 is 10.1 Å². The summed E-state index contributed by atoms with van der Waals surface area (Å²) in [6, 6.07) is 4.69. The summed E-state index contributed by atoms with van der Waals surface area (Å²) in [5.41, 5.74) is -0.931. The van der Waals surface area contributed by atoms with Gasteiger partial charge in [-0.15, -0.1) is 0 Å². The van der Waals surface area contributed by atoms with E-state index in [9.17, 15) is 9.59 Å². The lowest BCUT2D eigenvalue weighted by atomic mass is 9.89. The van der Waals surface area contributed by atoms with E-state index in [1.807, 2.05) is 0 Å². The van der Waals surface area contributed by atoms with Crippen LogP contribution in [-0.2, 0) is 9.53 Å². The Hall–Kier alpha value is -0.980. The number of alkyl carbamates (subject to hydrolysis) is 1. The van der Waals surface area contributed by atoms with Gasteiger partial charge in [0.15, 0.2) is 5.78 Å². The van der Waals surface area contributed by atoms with Gasteiger partial charge in [-0.3, -0.25) is 4.79 Å². The summed E-state index contributed by atoms with van der Waals surface area (Å²) >= 11 is 15.0. The maximum atomic E-state index is 12.4. The van der Waals surface area contributed by atoms with E-state index in [4.69, 9.17) is 32.7 Å². The highest BCUT2D eigenvalue weighted by molar-refractivity contribution is 9.09. The van der Waals surface area contributed by atoms with Gasteiger partial charge in [0.05, 0.1) is 10.4 Å². The number of hydrogen-bond acceptors (Lipinski definition) is 4. The Balaban J connectivity index is 2.72. The summed E-state index contributed by atoms with van der Waals surface area (Å²) < 4.78 is 10.4. The van der Waals surface area contributed by atoms with E-state index in [0.29, 0.717) is 15.8 Å². The zero-order chi connectivity index (χ0) is 16.9. The fourth-order valence-corrected chi connectivity index (χ4v) is 2.71. The highest BCUT2D eigenvalue weighted by Gasteiger charge is 2.35. The number of carbonyl (C=O) groups is 2. The first-order valence-corrected chi connectivity index (χ1v) is 7.99. The Labute approximate surface area is 147 Å². The van der Waals surface area contributed by atoms with Crippen LogP contribution in [0, 0.1) is 5.41 Å². The summed E-state index contributed by atoms with van der Waals surface area (Å²) in [5.74, 6) is 0.0340. The number of hydrogen-bond donors (Lipinski definition) is 1. The maximum Gasteiger partial charge on any atom is 0.406 e. The Morgan fingerprint density at radius 1 is 1.36 bits per heavy atom. The molecule has 5 nitrogen and oxygen atoms in total. The van der Waals surface area contributed by atoms with Crippen molar-refractivity contribution in [2.45, 2.75) is 18.9 Å². The average Bonchev–Trinajstić information content (AvgIpc) is 2.46. The molecule has 0 heterocycles. The molecule has 1 rings (SSSR count). The van der Waals surface area contributed by atoms with E-state index in [0.717, 1.165) is 0 Å². The lowest BCUT2D eigenvalue weighted by Gasteiger charge is -2.25. The number of amides is 1. The van der Waals surface area contributed by atoms with Crippen molar-refractivity contribution in [3.63, 3.8) is 0 Å². The third-order valence-electron chi connectivity index (χ3n) is 2.77. The molecule has 1 unspecified atom stereocenters. The van der Waals surface area contributed by atoms with Gasteiger partial charge in [-0.1, -0.05) is 23.2 Å². The number of carbonyl (C=O) groups excluding carboxylic acids is 2. The third-order valence-corrected chi connectivity index (χ3v) is 3.90. The zero-order valence-electron chi connectivity index (χ0n) is 12.3. The first kappa shape index (κ1) is 19.1. The topological polar surface area (TPSA) is 64.6 Å². The van der Waals surface area contributed by atoms with E-state index in [1.54, 1.807) is 26.0 Å². The SMILES string of the molecule is CNC(=O)OCC(C)(C)C(=O)C(Br)Oc1ccc(Cl)cc1Cl. The second-order valence-electron chi connectivity index (χ2n) is 5.08. The van der Waals surface area contributed by atoms with Crippen LogP contribution in [0.15, 0.2) is 18.2 Å². The number of alkyl halides is 1. The molecule has 0 radical (unpaired) electrons. The van der Waals surface area contributed by atoms with E-state index in [2.05, 4.69) is 21.2 Å². The van der Waals surface area contributed by atoms with Gasteiger partial charge < -0.3 is 14.8 Å². The van der Waals surface area contributed by atoms with Crippen molar-refractivity contribution in [1.82, 2.24) is 5.32 Å². The highest BCUT2D eigenvalue weighted by atomic mass is 79.9. The molecule has 22 heavy (non-hydrogen) atoms. The Morgan fingerprint density at radius 3 is 2.55 bits per heavy atom. The summed E-state index contributed by atoms with van der Waals surface area (Å²) in [6.07, 6.45) is -0.603. The standard InChI is InChI=1S/C14H16BrCl2NO4/c1-14(2,7-21-13(20)18-3)11(19)12(15)22-10-5-4-8(16)6-9(10)17/h4-6,12H,7H2,1-3H3,(H,18,20). The van der Waals surface area contributed by atoms with Gasteiger partial charge in [0, 0.05) is 12.1 Å². The van der Waals surface area contributed by atoms with Crippen LogP contribution in [0.25, 0.3) is 0 Å². The van der Waals surface area contributed by atoms with Gasteiger partial charge in [-0.25, -0.2) is 4.79 Å². The van der Waals surface area contributed by atoms with Gasteiger partial charge in [0.1, 0.15) is 12.4 Å². The van der Waals surface area contributed by atoms with Crippen LogP contribution in [0.1, 0.15) is 13.8 Å². The minimum Gasteiger partial charge on any atom is -0.470 e. The predicted octanol–water partition coefficient (Wildman–Crippen LogP) is 4.04. The molecule has 0 fully saturated rings. The lowest BCUT2D eigenvalue weighted by molar-refractivity contribution is -0.132. The molecule has 1 atom stereocenters. The van der Waals surface area contributed by atoms with Gasteiger partial charge in [-0.05, 0) is 48.0 Å². The first-order chi connectivity index (χ1) is 10.2. The smallest absolute Gasteiger partial charge is 0.406 e. The van der Waals surface area contributed by atoms with Crippen molar-refractivity contribution in [1.29, 1.82) is 0 Å². The van der Waals surface area contributed by atoms with Crippen molar-refractivity contribution < 1.29 is 19.1 Å². The van der Waals surface area contributed by atoms with Crippen LogP contribution in [0.3, 0.4) is 0 Å². The van der Waals surface area contributed by atoms with E-state index in [1.165, 1.54) is 13.1 Å². The molecule has 1 amide bonds. The van der Waals surface area contributed by atoms with Gasteiger partial charge in [0.25, 0.3) is 0 Å². The summed E-state index contributed by atoms with van der Waals surface area (Å²) in [4.78, 5) is 23.5. The van der Waals surface area contributed by atoms with Gasteiger partial charge >= 0.3 is 6.09 Å². The zero-order valence-corrected chi connectivity index (χ0v) is 15.4. The summed E-state index contributed by atoms with van der Waals surface area (Å²) in [7, 11) is 1.44. The number of Topliss-reactive ketones (excluding diaryl/α,β-unsaturated/α-hetero) is 1. The summed E-state index contributed by atoms with van der Waals surface area (Å²) in [6.45, 7) is 3.23. The first-order valence-electron chi connectivity index (χ1n) is 6.32. The Kier molecular flexibility index (Phi) is 6.97. The molecule has 1 aromatic rings. The minimum absolute atomic E-state index is 0.0781. The molecule has 0 spiro atoms. The van der Waals surface area contributed by atoms with E-state index in [-0.39, 0.29) is 12.4 Å². The van der Waals surface area contributed by atoms with E-state index < -0.39 is 16.5 Å². The molecule has 0 aromatic heterocycles. The van der Waals surface area contributed by atoms with Crippen molar-refractivity contribution in [2.24, 2.45) is 5.41 Å². The fraction of sp³-hybridized carbons (Fsp3) is 0.429. The molecule has 0 saturated heterocycles. The second-order valence-corrected chi connectivity index (χ2v) is 6.76. The molecule has 0 aliphatic rings. The van der Waals surface area contributed by atoms with Crippen molar-refractivity contribution in [3.8, 4) is 5.75 Å². The number of ether oxygens (including phenoxy) is 2. The lowest BCUT2D eigenvalue weighted by Crippen LogP contribution is -2.39. The Morgan fingerprint density at radius 2 is 2.00 bits per heavy atom. The molecule has 1 N–H and O–H groups in total. The monoisotopic (exact) mass is 411 g/mol. The number of halogens is 3. The number of nitrogens with one attached hydrogen (secondary N) is 1. The molecule has 1 aromatic carbocycles. The summed E-state index contributed by atoms with van der Waals surface area (Å²) in [5, 5.41) is 2.14. The van der Waals surface area contributed by atoms with Crippen molar-refractivity contribution >= 4 is 51.0 Å². The molecule has 0 saturated carbocycles. The predicted molar refractivity (Wildman–Crippen MR) is 89.0 cm³/mol. The largest absolute Gasteiger partial charge is 0.470 e. The number of benzene rings is 1. The third kappa shape index (κ3) is 5.34. The quantitative estimate of drug-likeness (QED) is 0.716. The van der Waals surface area contributed by atoms with Gasteiger partial charge in [-0.2, -0.15) is 0 Å². The van der Waals surface area contributed by atoms with Crippen LogP contribution in [0.2, 0.25) is 10.0 Å². The van der Waals surface area contributed by atoms with Gasteiger partial charge in [0.2, 0.25) is 5.01 Å². The van der Waals surface area contributed by atoms with Crippen LogP contribution in [0.4, 0.5) is 4.79 Å². The number of rotatable bonds is 6. The van der Waals surface area contributed by atoms with Crippen LogP contribution in [0.5, 0.6) is 5.75 Å². The molecular weight excluding hydrogens is 397 g/mol. The highest BCUT2D eigenvalue weighted by Crippen LogP contribution is 2.31. The minimum atomic E-state index is -0.936. The molecule has 0 aliphatic carbocycles. The van der Waals surface area contributed by atoms with Crippen molar-refractivity contribution in [2.75, 3.05) is 13.7 Å². The average molecular weight is 413 g/mol. The molecule has 0 aliphatic heterocycles. The second kappa shape index (κ2) is 8.04. The fourth-order valence-electron chi connectivity index (χ4n) is 1.43. The molecule has 122 valence electrons. The molecule has 0 bridgehead atoms. The normalized spacial score (nSPS) is 12.5. The van der Waals surface area contributed by atoms with Crippen LogP contribution in [-0.4, -0.2) is 30.5 Å². The van der Waals surface area contributed by atoms with E-state index >= 15 is 0 Å².